The minimum Gasteiger partial charge on any atom is -0.497 e. The molecular weight excluding hydrogens is 416 g/mol. The topological polar surface area (TPSA) is 26.3 Å². The molecule has 2 aliphatic carbocycles. The van der Waals surface area contributed by atoms with Crippen LogP contribution in [0.4, 0.5) is 0 Å². The maximum atomic E-state index is 13.1. The fourth-order valence-electron chi connectivity index (χ4n) is 5.47. The highest BCUT2D eigenvalue weighted by atomic mass is 16.5. The van der Waals surface area contributed by atoms with Crippen LogP contribution < -0.4 is 4.74 Å². The van der Waals surface area contributed by atoms with Crippen LogP contribution in [-0.4, -0.2) is 12.9 Å². The minimum absolute atomic E-state index is 0.106. The van der Waals surface area contributed by atoms with Gasteiger partial charge in [-0.05, 0) is 101 Å². The molecule has 2 aliphatic rings. The van der Waals surface area contributed by atoms with Crippen molar-refractivity contribution < 1.29 is 9.53 Å². The minimum atomic E-state index is 0.106. The Bertz CT molecular complexity index is 1230. The van der Waals surface area contributed by atoms with Crippen molar-refractivity contribution in [2.24, 2.45) is 0 Å². The first-order chi connectivity index (χ1) is 15.9. The number of Topliss-reactive ketones (excluding diaryl/α,β-unsaturated/α-hetero) is 1. The van der Waals surface area contributed by atoms with E-state index in [1.165, 1.54) is 35.1 Å². The number of carbonyl (C=O) groups is 1. The van der Waals surface area contributed by atoms with Crippen molar-refractivity contribution in [1.29, 1.82) is 0 Å². The number of aryl methyl sites for hydroxylation is 2. The second kappa shape index (κ2) is 8.73. The maximum Gasteiger partial charge on any atom is 0.167 e. The van der Waals surface area contributed by atoms with Crippen molar-refractivity contribution in [3.63, 3.8) is 0 Å². The molecule has 0 spiro atoms. The van der Waals surface area contributed by atoms with Crippen molar-refractivity contribution >= 4 is 5.78 Å². The third kappa shape index (κ3) is 4.56. The van der Waals surface area contributed by atoms with Gasteiger partial charge < -0.3 is 4.74 Å². The van der Waals surface area contributed by atoms with Gasteiger partial charge in [0.2, 0.25) is 0 Å². The molecule has 0 unspecified atom stereocenters. The van der Waals surface area contributed by atoms with E-state index in [0.717, 1.165) is 40.0 Å². The van der Waals surface area contributed by atoms with Gasteiger partial charge in [-0.2, -0.15) is 0 Å². The predicted octanol–water partition coefficient (Wildman–Crippen LogP) is 7.44. The second-order valence-electron chi connectivity index (χ2n) is 11.5. The molecule has 2 heteroatoms. The molecule has 0 aromatic heterocycles. The van der Waals surface area contributed by atoms with Crippen molar-refractivity contribution in [1.82, 2.24) is 0 Å². The maximum absolute atomic E-state index is 13.1. The number of benzene rings is 2. The zero-order chi connectivity index (χ0) is 24.8. The van der Waals surface area contributed by atoms with Gasteiger partial charge in [-0.15, -0.1) is 0 Å². The normalized spacial score (nSPS) is 18.3. The first-order valence-corrected chi connectivity index (χ1v) is 12.3. The fourth-order valence-corrected chi connectivity index (χ4v) is 5.47. The van der Waals surface area contributed by atoms with Crippen LogP contribution in [0.1, 0.15) is 73.9 Å². The summed E-state index contributed by atoms with van der Waals surface area (Å²) in [5.74, 6) is 0.892. The third-order valence-electron chi connectivity index (χ3n) is 7.87. The number of ketones is 1. The van der Waals surface area contributed by atoms with Gasteiger partial charge >= 0.3 is 0 Å². The summed E-state index contributed by atoms with van der Waals surface area (Å²) in [6, 6.07) is 10.8. The van der Waals surface area contributed by atoms with E-state index in [4.69, 9.17) is 4.74 Å². The Morgan fingerprint density at radius 1 is 0.941 bits per heavy atom. The van der Waals surface area contributed by atoms with E-state index in [-0.39, 0.29) is 16.6 Å². The molecule has 0 bridgehead atoms. The zero-order valence-electron chi connectivity index (χ0n) is 21.9. The molecule has 0 saturated carbocycles. The number of carbonyl (C=O) groups excluding carboxylic acids is 1. The Balaban J connectivity index is 1.53. The zero-order valence-corrected chi connectivity index (χ0v) is 21.9. The molecule has 2 aromatic carbocycles. The molecule has 0 heterocycles. The summed E-state index contributed by atoms with van der Waals surface area (Å²) in [6.45, 7) is 18.0. The van der Waals surface area contributed by atoms with Crippen molar-refractivity contribution in [2.75, 3.05) is 7.11 Å². The molecule has 2 aromatic rings. The second-order valence-corrected chi connectivity index (χ2v) is 11.5. The van der Waals surface area contributed by atoms with Crippen molar-refractivity contribution in [3.05, 3.63) is 99.2 Å². The number of allylic oxidation sites excluding steroid dienone is 5. The van der Waals surface area contributed by atoms with Crippen LogP contribution in [0.3, 0.4) is 0 Å². The molecule has 2 nitrogen and oxygen atoms in total. The average Bonchev–Trinajstić information content (AvgIpc) is 3.12. The highest BCUT2D eigenvalue weighted by Gasteiger charge is 2.37. The van der Waals surface area contributed by atoms with Crippen LogP contribution in [0.2, 0.25) is 0 Å². The number of methoxy groups -OCH3 is 1. The lowest BCUT2D eigenvalue weighted by Crippen LogP contribution is -2.34. The number of rotatable bonds is 6. The Morgan fingerprint density at radius 3 is 2.24 bits per heavy atom. The first-order valence-electron chi connectivity index (χ1n) is 12.3. The van der Waals surface area contributed by atoms with Crippen LogP contribution in [0.15, 0.2) is 65.8 Å². The quantitative estimate of drug-likeness (QED) is 0.453. The Kier molecular flexibility index (Phi) is 6.23. The molecule has 0 atom stereocenters. The number of ether oxygens (including phenoxy) is 1. The summed E-state index contributed by atoms with van der Waals surface area (Å²) < 4.78 is 5.37. The summed E-state index contributed by atoms with van der Waals surface area (Å²) in [6.07, 6.45) is 7.62. The van der Waals surface area contributed by atoms with Crippen molar-refractivity contribution in [2.45, 2.75) is 78.1 Å². The van der Waals surface area contributed by atoms with E-state index in [1.807, 2.05) is 31.2 Å². The molecule has 0 amide bonds. The lowest BCUT2D eigenvalue weighted by atomic mass is 9.62. The van der Waals surface area contributed by atoms with E-state index in [2.05, 4.69) is 59.4 Å². The highest BCUT2D eigenvalue weighted by molar-refractivity contribution is 6.03. The van der Waals surface area contributed by atoms with Crippen LogP contribution >= 0.6 is 0 Å². The molecule has 0 fully saturated rings. The largest absolute Gasteiger partial charge is 0.497 e. The van der Waals surface area contributed by atoms with Gasteiger partial charge in [-0.3, -0.25) is 4.79 Å². The first kappa shape index (κ1) is 24.3. The van der Waals surface area contributed by atoms with Gasteiger partial charge in [0.25, 0.3) is 0 Å². The van der Waals surface area contributed by atoms with E-state index in [1.54, 1.807) is 7.11 Å². The van der Waals surface area contributed by atoms with E-state index >= 15 is 0 Å². The van der Waals surface area contributed by atoms with Crippen LogP contribution in [-0.2, 0) is 28.5 Å². The van der Waals surface area contributed by atoms with Gasteiger partial charge in [-0.1, -0.05) is 64.6 Å². The molecule has 0 radical (unpaired) electrons. The molecular formula is C32H38O2. The smallest absolute Gasteiger partial charge is 0.167 e. The average molecular weight is 455 g/mol. The molecule has 178 valence electrons. The van der Waals surface area contributed by atoms with Crippen molar-refractivity contribution in [3.8, 4) is 5.75 Å². The van der Waals surface area contributed by atoms with Gasteiger partial charge in [0.15, 0.2) is 5.78 Å². The number of hydrogen-bond donors (Lipinski definition) is 0. The van der Waals surface area contributed by atoms with Crippen LogP contribution in [0.25, 0.3) is 0 Å². The lowest BCUT2D eigenvalue weighted by molar-refractivity contribution is -0.114. The summed E-state index contributed by atoms with van der Waals surface area (Å²) in [7, 11) is 1.66. The molecule has 4 rings (SSSR count). The highest BCUT2D eigenvalue weighted by Crippen LogP contribution is 2.47. The van der Waals surface area contributed by atoms with Gasteiger partial charge in [0, 0.05) is 12.0 Å². The van der Waals surface area contributed by atoms with E-state index < -0.39 is 0 Å². The third-order valence-corrected chi connectivity index (χ3v) is 7.87. The number of fused-ring (bicyclic) bond motifs is 1. The Hall–Kier alpha value is -2.87. The molecule has 0 saturated heterocycles. The molecule has 0 aliphatic heterocycles. The van der Waals surface area contributed by atoms with Crippen LogP contribution in [0.5, 0.6) is 5.75 Å². The summed E-state index contributed by atoms with van der Waals surface area (Å²) in [4.78, 5) is 13.1. The number of hydrogen-bond acceptors (Lipinski definition) is 2. The summed E-state index contributed by atoms with van der Waals surface area (Å²) in [5, 5.41) is 0. The predicted molar refractivity (Wildman–Crippen MR) is 142 cm³/mol. The Labute approximate surface area is 205 Å². The van der Waals surface area contributed by atoms with Gasteiger partial charge in [0.05, 0.1) is 7.11 Å². The summed E-state index contributed by atoms with van der Waals surface area (Å²) in [5.41, 5.74) is 10.8. The van der Waals surface area contributed by atoms with Crippen LogP contribution in [0, 0.1) is 13.8 Å². The lowest BCUT2D eigenvalue weighted by Gasteiger charge is -2.42. The van der Waals surface area contributed by atoms with Gasteiger partial charge in [-0.25, -0.2) is 0 Å². The SMILES string of the molecule is C=C1C(Cc2cc3c(cc2C)C(C)(C)CCC3(C)C)=CC=C1C(=O)Cc1cc(C)cc(OC)c1. The monoisotopic (exact) mass is 454 g/mol. The standard InChI is InChI=1S/C32H38O2/c1-20-13-23(16-26(14-20)34-8)17-30(33)27-10-9-24(22(27)3)18-25-19-29-28(15-21(25)2)31(4,5)11-12-32(29,6)7/h9-10,13-16,19H,3,11-12,17-18H2,1-2,4-8H3. The molecule has 34 heavy (non-hydrogen) atoms. The van der Waals surface area contributed by atoms with Gasteiger partial charge in [0.1, 0.15) is 5.75 Å². The summed E-state index contributed by atoms with van der Waals surface area (Å²) >= 11 is 0. The molecule has 0 N–H and O–H groups in total. The Morgan fingerprint density at radius 2 is 1.59 bits per heavy atom. The van der Waals surface area contributed by atoms with E-state index in [9.17, 15) is 4.79 Å². The fraction of sp³-hybridized carbons (Fsp3) is 0.406. The van der Waals surface area contributed by atoms with E-state index in [0.29, 0.717) is 6.42 Å².